The quantitative estimate of drug-likeness (QED) is 0.120. The van der Waals surface area contributed by atoms with Crippen molar-refractivity contribution < 1.29 is 30.6 Å². The van der Waals surface area contributed by atoms with E-state index >= 15 is 0 Å². The second-order valence-electron chi connectivity index (χ2n) is 9.57. The minimum Gasteiger partial charge on any atom is -0.493 e. The van der Waals surface area contributed by atoms with Crippen LogP contribution in [0.2, 0.25) is 0 Å². The first-order valence-corrected chi connectivity index (χ1v) is 16.0. The van der Waals surface area contributed by atoms with Crippen molar-refractivity contribution >= 4 is 26.1 Å². The maximum absolute atomic E-state index is 13.6. The Bertz CT molecular complexity index is 1510. The Morgan fingerprint density at radius 2 is 1.66 bits per heavy atom. The number of benzene rings is 2. The number of hydrogen-bond acceptors (Lipinski definition) is 9. The van der Waals surface area contributed by atoms with Crippen molar-refractivity contribution in [1.29, 1.82) is 0 Å². The molecular weight excluding hydrogens is 570 g/mol. The van der Waals surface area contributed by atoms with Gasteiger partial charge in [-0.2, -0.15) is 12.7 Å². The van der Waals surface area contributed by atoms with Crippen LogP contribution < -0.4 is 20.4 Å². The van der Waals surface area contributed by atoms with Crippen LogP contribution >= 0.6 is 0 Å². The summed E-state index contributed by atoms with van der Waals surface area (Å²) in [4.78, 5) is 6.39. The monoisotopic (exact) mass is 605 g/mol. The summed E-state index contributed by atoms with van der Waals surface area (Å²) in [6.07, 6.45) is 9.52. The molecule has 0 amide bonds. The fourth-order valence-electron chi connectivity index (χ4n) is 4.57. The Labute approximate surface area is 241 Å². The molecule has 0 saturated carbocycles. The van der Waals surface area contributed by atoms with Crippen LogP contribution in [0.1, 0.15) is 18.4 Å². The summed E-state index contributed by atoms with van der Waals surface area (Å²) < 4.78 is 66.5. The molecule has 1 aliphatic heterocycles. The molecule has 4 N–H and O–H groups in total. The van der Waals surface area contributed by atoms with Crippen LogP contribution in [-0.4, -0.2) is 77.4 Å². The number of nitrogens with zero attached hydrogens (tertiary/aromatic N) is 3. The molecule has 41 heavy (non-hydrogen) atoms. The van der Waals surface area contributed by atoms with Crippen LogP contribution in [0.3, 0.4) is 0 Å². The number of nitrogens with two attached hydrogens (primary N) is 2. The normalized spacial score (nSPS) is 18.1. The van der Waals surface area contributed by atoms with Crippen molar-refractivity contribution in [2.45, 2.75) is 35.6 Å². The SMILES string of the molecule is Cc1cc(OCCCON=C(N)N)cc(OS(=O)(=O)c2ccccc2S(=O)(=O)N2CCN(C3C=CC=CC3)CC2)c1. The van der Waals surface area contributed by atoms with Crippen molar-refractivity contribution in [2.75, 3.05) is 39.4 Å². The molecule has 14 heteroatoms. The Balaban J connectivity index is 1.45. The van der Waals surface area contributed by atoms with Gasteiger partial charge in [0.15, 0.2) is 0 Å². The lowest BCUT2D eigenvalue weighted by Crippen LogP contribution is -2.51. The second-order valence-corrected chi connectivity index (χ2v) is 13.0. The minimum absolute atomic E-state index is 0.00726. The fraction of sp³-hybridized carbons (Fsp3) is 0.370. The molecule has 2 aromatic rings. The molecule has 0 spiro atoms. The van der Waals surface area contributed by atoms with E-state index in [0.29, 0.717) is 30.8 Å². The van der Waals surface area contributed by atoms with Crippen molar-refractivity contribution in [3.05, 3.63) is 72.3 Å². The molecule has 1 saturated heterocycles. The zero-order valence-electron chi connectivity index (χ0n) is 22.8. The predicted molar refractivity (Wildman–Crippen MR) is 154 cm³/mol. The third-order valence-corrected chi connectivity index (χ3v) is 9.88. The molecule has 1 aliphatic carbocycles. The number of oxime groups is 1. The highest BCUT2D eigenvalue weighted by Crippen LogP contribution is 2.30. The molecule has 2 aromatic carbocycles. The zero-order valence-corrected chi connectivity index (χ0v) is 24.4. The molecule has 1 unspecified atom stereocenters. The van der Waals surface area contributed by atoms with Crippen molar-refractivity contribution in [3.63, 3.8) is 0 Å². The number of sulfonamides is 1. The van der Waals surface area contributed by atoms with Crippen LogP contribution in [0.25, 0.3) is 0 Å². The summed E-state index contributed by atoms with van der Waals surface area (Å²) in [5.74, 6) is 0.181. The lowest BCUT2D eigenvalue weighted by Gasteiger charge is -2.38. The van der Waals surface area contributed by atoms with E-state index in [4.69, 9.17) is 25.2 Å². The summed E-state index contributed by atoms with van der Waals surface area (Å²) in [5, 5.41) is 3.42. The Kier molecular flexibility index (Phi) is 9.91. The third kappa shape index (κ3) is 8.00. The molecule has 0 bridgehead atoms. The Morgan fingerprint density at radius 3 is 2.34 bits per heavy atom. The lowest BCUT2D eigenvalue weighted by molar-refractivity contribution is 0.127. The highest BCUT2D eigenvalue weighted by atomic mass is 32.2. The van der Waals surface area contributed by atoms with Gasteiger partial charge >= 0.3 is 10.1 Å². The minimum atomic E-state index is -4.51. The van der Waals surface area contributed by atoms with Gasteiger partial charge in [-0.25, -0.2) is 8.42 Å². The lowest BCUT2D eigenvalue weighted by atomic mass is 10.1. The predicted octanol–water partition coefficient (Wildman–Crippen LogP) is 1.93. The summed E-state index contributed by atoms with van der Waals surface area (Å²) in [7, 11) is -8.62. The maximum atomic E-state index is 13.6. The van der Waals surface area contributed by atoms with Gasteiger partial charge in [0.05, 0.1) is 6.61 Å². The zero-order chi connectivity index (χ0) is 29.5. The molecule has 0 aromatic heterocycles. The van der Waals surface area contributed by atoms with Gasteiger partial charge in [-0.3, -0.25) is 4.90 Å². The smallest absolute Gasteiger partial charge is 0.340 e. The first kappa shape index (κ1) is 30.4. The number of guanidine groups is 1. The summed E-state index contributed by atoms with van der Waals surface area (Å²) in [6.45, 7) is 3.81. The first-order valence-electron chi connectivity index (χ1n) is 13.1. The maximum Gasteiger partial charge on any atom is 0.340 e. The molecule has 222 valence electrons. The van der Waals surface area contributed by atoms with Crippen LogP contribution in [0.5, 0.6) is 11.5 Å². The summed E-state index contributed by atoms with van der Waals surface area (Å²) >= 11 is 0. The molecule has 12 nitrogen and oxygen atoms in total. The van der Waals surface area contributed by atoms with Crippen LogP contribution in [0.4, 0.5) is 0 Å². The van der Waals surface area contributed by atoms with Gasteiger partial charge in [0, 0.05) is 44.7 Å². The van der Waals surface area contributed by atoms with E-state index in [0.717, 1.165) is 6.42 Å². The van der Waals surface area contributed by atoms with Gasteiger partial charge in [0.1, 0.15) is 27.9 Å². The van der Waals surface area contributed by atoms with Crippen LogP contribution in [0, 0.1) is 6.92 Å². The van der Waals surface area contributed by atoms with E-state index in [1.54, 1.807) is 13.0 Å². The van der Waals surface area contributed by atoms with Gasteiger partial charge < -0.3 is 25.2 Å². The van der Waals surface area contributed by atoms with E-state index in [1.807, 2.05) is 12.2 Å². The van der Waals surface area contributed by atoms with Gasteiger partial charge in [-0.15, -0.1) is 0 Å². The van der Waals surface area contributed by atoms with Gasteiger partial charge in [-0.05, 0) is 48.3 Å². The molecule has 1 heterocycles. The molecule has 1 atom stereocenters. The third-order valence-electron chi connectivity index (χ3n) is 6.49. The standard InChI is InChI=1S/C27H35N5O7S2/c1-21-18-23(37-16-7-17-38-30-27(28)29)20-24(19-21)39-41(35,36)26-11-6-5-10-25(26)40(33,34)32-14-12-31(13-15-32)22-8-3-2-4-9-22/h2-6,8,10-11,18-20,22H,7,9,12-17H2,1H3,(H4,28,29,30). The average Bonchev–Trinajstić information content (AvgIpc) is 2.95. The number of piperazine rings is 1. The second kappa shape index (κ2) is 13.4. The molecular formula is C27H35N5O7S2. The van der Waals surface area contributed by atoms with Gasteiger partial charge in [0.25, 0.3) is 0 Å². The molecule has 2 aliphatic rings. The van der Waals surface area contributed by atoms with E-state index < -0.39 is 25.0 Å². The Hall–Kier alpha value is -3.59. The number of hydrogen-bond donors (Lipinski definition) is 2. The summed E-state index contributed by atoms with van der Waals surface area (Å²) in [5.41, 5.74) is 11.1. The van der Waals surface area contributed by atoms with Crippen molar-refractivity contribution in [2.24, 2.45) is 16.6 Å². The molecule has 4 rings (SSSR count). The summed E-state index contributed by atoms with van der Waals surface area (Å²) in [6, 6.07) is 10.4. The number of rotatable bonds is 12. The van der Waals surface area contributed by atoms with Crippen LogP contribution in [-0.2, 0) is 25.0 Å². The highest BCUT2D eigenvalue weighted by Gasteiger charge is 2.35. The molecule has 0 radical (unpaired) electrons. The Morgan fingerprint density at radius 1 is 0.951 bits per heavy atom. The number of ether oxygens (including phenoxy) is 1. The topological polar surface area (TPSA) is 167 Å². The van der Waals surface area contributed by atoms with E-state index in [9.17, 15) is 16.8 Å². The fourth-order valence-corrected chi connectivity index (χ4v) is 7.69. The van der Waals surface area contributed by atoms with Crippen molar-refractivity contribution in [1.82, 2.24) is 9.21 Å². The van der Waals surface area contributed by atoms with Crippen molar-refractivity contribution in [3.8, 4) is 11.5 Å². The highest BCUT2D eigenvalue weighted by molar-refractivity contribution is 7.91. The van der Waals surface area contributed by atoms with Gasteiger partial charge in [0.2, 0.25) is 16.0 Å². The van der Waals surface area contributed by atoms with E-state index in [1.165, 1.54) is 40.7 Å². The number of aryl methyl sites for hydroxylation is 1. The first-order chi connectivity index (χ1) is 19.6. The van der Waals surface area contributed by atoms with E-state index in [2.05, 4.69) is 22.2 Å². The van der Waals surface area contributed by atoms with E-state index in [-0.39, 0.29) is 48.9 Å². The van der Waals surface area contributed by atoms with Crippen LogP contribution in [0.15, 0.2) is 81.7 Å². The van der Waals surface area contributed by atoms with Gasteiger partial charge in [-0.1, -0.05) is 36.4 Å². The average molecular weight is 606 g/mol. The molecule has 1 fully saturated rings. The largest absolute Gasteiger partial charge is 0.493 e. The number of allylic oxidation sites excluding steroid dienone is 2.